The number of amides is 5. The van der Waals surface area contributed by atoms with Gasteiger partial charge in [0.1, 0.15) is 30.0 Å². The summed E-state index contributed by atoms with van der Waals surface area (Å²) in [7, 11) is 0. The number of carboxylic acids is 1. The van der Waals surface area contributed by atoms with Crippen molar-refractivity contribution in [3.8, 4) is 0 Å². The number of hydrogen-bond acceptors (Lipinski definition) is 7. The van der Waals surface area contributed by atoms with E-state index in [1.807, 2.05) is 36.4 Å². The van der Waals surface area contributed by atoms with Crippen molar-refractivity contribution in [1.29, 1.82) is 0 Å². The smallest absolute Gasteiger partial charge is 0.303 e. The molecule has 13 nitrogen and oxygen atoms in total. The summed E-state index contributed by atoms with van der Waals surface area (Å²) in [5, 5.41) is 28.6. The molecule has 5 atom stereocenters. The van der Waals surface area contributed by atoms with Gasteiger partial charge in [0, 0.05) is 19.4 Å². The number of rotatable bonds is 14. The Labute approximate surface area is 259 Å². The number of nitrogens with two attached hydrogens (primary N) is 1. The molecule has 1 aliphatic heterocycles. The van der Waals surface area contributed by atoms with Gasteiger partial charge in [0.05, 0.1) is 6.10 Å². The van der Waals surface area contributed by atoms with Crippen molar-refractivity contribution in [2.75, 3.05) is 12.4 Å². The van der Waals surface area contributed by atoms with Gasteiger partial charge < -0.3 is 36.8 Å². The van der Waals surface area contributed by atoms with Crippen LogP contribution in [0.4, 0.5) is 0 Å². The molecule has 238 valence electrons. The second-order valence-electron chi connectivity index (χ2n) is 10.8. The Hall–Kier alpha value is -4.23. The Morgan fingerprint density at radius 2 is 1.70 bits per heavy atom. The summed E-state index contributed by atoms with van der Waals surface area (Å²) in [4.78, 5) is 77.1. The first-order chi connectivity index (χ1) is 20.9. The van der Waals surface area contributed by atoms with Crippen LogP contribution in [0.25, 0.3) is 10.8 Å². The van der Waals surface area contributed by atoms with Crippen LogP contribution in [0.2, 0.25) is 0 Å². The van der Waals surface area contributed by atoms with Crippen LogP contribution in [0.1, 0.15) is 44.6 Å². The number of aliphatic hydroxyl groups excluding tert-OH is 1. The SMILES string of the molecule is C[C@H](O)[C@H](NC(=O)C(Cc1ccc2ccccc2c1)NC(=O)C1CCCCN1C(=O)C(CCC(=O)O)NC(=O)CCl)C(N)=O. The number of piperidine rings is 1. The molecule has 0 aromatic heterocycles. The van der Waals surface area contributed by atoms with Crippen LogP contribution in [-0.4, -0.2) is 93.3 Å². The minimum atomic E-state index is -1.41. The summed E-state index contributed by atoms with van der Waals surface area (Å²) in [6, 6.07) is 8.26. The van der Waals surface area contributed by atoms with Crippen molar-refractivity contribution in [1.82, 2.24) is 20.9 Å². The molecule has 0 bridgehead atoms. The lowest BCUT2D eigenvalue weighted by molar-refractivity contribution is -0.146. The third kappa shape index (κ3) is 9.38. The lowest BCUT2D eigenvalue weighted by Gasteiger charge is -2.37. The van der Waals surface area contributed by atoms with E-state index >= 15 is 0 Å². The topological polar surface area (TPSA) is 208 Å². The van der Waals surface area contributed by atoms with Gasteiger partial charge in [-0.2, -0.15) is 0 Å². The van der Waals surface area contributed by atoms with Gasteiger partial charge in [-0.1, -0.05) is 42.5 Å². The first-order valence-corrected chi connectivity index (χ1v) is 14.9. The Balaban J connectivity index is 1.87. The maximum Gasteiger partial charge on any atom is 0.303 e. The molecule has 7 N–H and O–H groups in total. The van der Waals surface area contributed by atoms with E-state index in [9.17, 15) is 33.9 Å². The lowest BCUT2D eigenvalue weighted by atomic mass is 9.97. The number of nitrogens with one attached hydrogen (secondary N) is 3. The highest BCUT2D eigenvalue weighted by Crippen LogP contribution is 2.21. The molecule has 0 radical (unpaired) electrons. The number of carboxylic acid groups (broad SMARTS) is 1. The number of likely N-dealkylation sites (tertiary alicyclic amines) is 1. The van der Waals surface area contributed by atoms with Crippen LogP contribution in [0.15, 0.2) is 42.5 Å². The number of benzene rings is 2. The molecular formula is C30H38ClN5O8. The molecule has 0 aliphatic carbocycles. The van der Waals surface area contributed by atoms with Gasteiger partial charge in [-0.25, -0.2) is 0 Å². The van der Waals surface area contributed by atoms with E-state index in [1.54, 1.807) is 6.07 Å². The number of carbonyl (C=O) groups excluding carboxylic acids is 5. The van der Waals surface area contributed by atoms with Gasteiger partial charge in [0.25, 0.3) is 0 Å². The van der Waals surface area contributed by atoms with E-state index in [4.69, 9.17) is 22.4 Å². The standard InChI is InChI=1S/C30H38ClN5O8/c1-17(37)26(27(32)41)35-28(42)22(15-18-9-10-19-6-2-3-7-20(19)14-18)34-29(43)23-8-4-5-13-36(23)30(44)21(11-12-25(39)40)33-24(38)16-31/h2-3,6-7,9-10,14,17,21-23,26,37H,4-5,8,11-13,15-16H2,1H3,(H2,32,41)(H,33,38)(H,34,43)(H,35,42)(H,39,40)/t17-,21?,22?,23?,26-/m0/s1. The first kappa shape index (κ1) is 34.3. The summed E-state index contributed by atoms with van der Waals surface area (Å²) in [6.07, 6.45) is -0.463. The third-order valence-corrected chi connectivity index (χ3v) is 7.71. The Morgan fingerprint density at radius 3 is 2.34 bits per heavy atom. The number of aliphatic carboxylic acids is 1. The number of carbonyl (C=O) groups is 6. The van der Waals surface area contributed by atoms with E-state index in [0.29, 0.717) is 18.4 Å². The van der Waals surface area contributed by atoms with Gasteiger partial charge in [-0.3, -0.25) is 28.8 Å². The van der Waals surface area contributed by atoms with Gasteiger partial charge in [0.15, 0.2) is 0 Å². The van der Waals surface area contributed by atoms with Crippen molar-refractivity contribution in [2.45, 2.75) is 75.7 Å². The van der Waals surface area contributed by atoms with Crippen LogP contribution in [-0.2, 0) is 35.2 Å². The molecule has 2 aromatic carbocycles. The number of primary amides is 1. The largest absolute Gasteiger partial charge is 0.481 e. The maximum atomic E-state index is 13.7. The van der Waals surface area contributed by atoms with E-state index in [0.717, 1.165) is 10.8 Å². The fourth-order valence-electron chi connectivity index (χ4n) is 5.19. The molecule has 0 spiro atoms. The average Bonchev–Trinajstić information content (AvgIpc) is 3.00. The Bertz CT molecular complexity index is 1390. The van der Waals surface area contributed by atoms with E-state index in [1.165, 1.54) is 11.8 Å². The van der Waals surface area contributed by atoms with E-state index in [2.05, 4.69) is 16.0 Å². The molecule has 5 amide bonds. The molecule has 3 unspecified atom stereocenters. The molecule has 1 saturated heterocycles. The fraction of sp³-hybridized carbons (Fsp3) is 0.467. The number of halogens is 1. The number of alkyl halides is 1. The Kier molecular flexibility index (Phi) is 12.5. The minimum absolute atomic E-state index is 0.0153. The number of nitrogens with zero attached hydrogens (tertiary/aromatic N) is 1. The molecule has 1 aliphatic rings. The third-order valence-electron chi connectivity index (χ3n) is 7.46. The molecule has 14 heteroatoms. The van der Waals surface area contributed by atoms with Crippen molar-refractivity contribution < 1.29 is 39.0 Å². The average molecular weight is 632 g/mol. The maximum absolute atomic E-state index is 13.7. The highest BCUT2D eigenvalue weighted by atomic mass is 35.5. The zero-order chi connectivity index (χ0) is 32.4. The van der Waals surface area contributed by atoms with Gasteiger partial charge in [-0.15, -0.1) is 11.6 Å². The molecule has 1 fully saturated rings. The quantitative estimate of drug-likeness (QED) is 0.158. The normalized spacial score (nSPS) is 17.5. The second-order valence-corrected chi connectivity index (χ2v) is 11.1. The predicted octanol–water partition coefficient (Wildman–Crippen LogP) is 0.188. The summed E-state index contributed by atoms with van der Waals surface area (Å²) >= 11 is 5.59. The van der Waals surface area contributed by atoms with Crippen molar-refractivity contribution in [3.05, 3.63) is 48.0 Å². The van der Waals surface area contributed by atoms with Crippen LogP contribution in [0, 0.1) is 0 Å². The van der Waals surface area contributed by atoms with Crippen molar-refractivity contribution >= 4 is 57.9 Å². The van der Waals surface area contributed by atoms with Gasteiger partial charge in [0.2, 0.25) is 29.5 Å². The number of aliphatic hydroxyl groups is 1. The monoisotopic (exact) mass is 631 g/mol. The fourth-order valence-corrected chi connectivity index (χ4v) is 5.27. The zero-order valence-corrected chi connectivity index (χ0v) is 25.1. The van der Waals surface area contributed by atoms with Gasteiger partial charge in [-0.05, 0) is 48.9 Å². The van der Waals surface area contributed by atoms with Crippen molar-refractivity contribution in [2.24, 2.45) is 5.73 Å². The highest BCUT2D eigenvalue weighted by molar-refractivity contribution is 6.27. The highest BCUT2D eigenvalue weighted by Gasteiger charge is 2.38. The van der Waals surface area contributed by atoms with Crippen LogP contribution in [0.3, 0.4) is 0 Å². The zero-order valence-electron chi connectivity index (χ0n) is 24.3. The molecular weight excluding hydrogens is 594 g/mol. The summed E-state index contributed by atoms with van der Waals surface area (Å²) in [5.74, 6) is -5.27. The summed E-state index contributed by atoms with van der Waals surface area (Å²) < 4.78 is 0. The van der Waals surface area contributed by atoms with Gasteiger partial charge >= 0.3 is 5.97 Å². The summed E-state index contributed by atoms with van der Waals surface area (Å²) in [6.45, 7) is 1.46. The molecule has 0 saturated carbocycles. The second kappa shape index (κ2) is 16.0. The molecule has 2 aromatic rings. The van der Waals surface area contributed by atoms with E-state index < -0.39 is 78.1 Å². The molecule has 1 heterocycles. The van der Waals surface area contributed by atoms with Crippen LogP contribution < -0.4 is 21.7 Å². The number of fused-ring (bicyclic) bond motifs is 1. The molecule has 44 heavy (non-hydrogen) atoms. The minimum Gasteiger partial charge on any atom is -0.481 e. The lowest BCUT2D eigenvalue weighted by Crippen LogP contribution is -2.61. The number of hydrogen-bond donors (Lipinski definition) is 6. The Morgan fingerprint density at radius 1 is 1.00 bits per heavy atom. The summed E-state index contributed by atoms with van der Waals surface area (Å²) in [5.41, 5.74) is 6.07. The van der Waals surface area contributed by atoms with Crippen LogP contribution >= 0.6 is 11.6 Å². The predicted molar refractivity (Wildman–Crippen MR) is 161 cm³/mol. The first-order valence-electron chi connectivity index (χ1n) is 14.3. The van der Waals surface area contributed by atoms with Crippen LogP contribution in [0.5, 0.6) is 0 Å². The van der Waals surface area contributed by atoms with E-state index in [-0.39, 0.29) is 25.8 Å². The molecule has 3 rings (SSSR count). The van der Waals surface area contributed by atoms with Crippen molar-refractivity contribution in [3.63, 3.8) is 0 Å².